The van der Waals surface area contributed by atoms with Crippen LogP contribution in [0.15, 0.2) is 49.1 Å². The molecule has 0 spiro atoms. The summed E-state index contributed by atoms with van der Waals surface area (Å²) in [6, 6.07) is 4.89. The van der Waals surface area contributed by atoms with Crippen molar-refractivity contribution in [1.29, 1.82) is 0 Å². The van der Waals surface area contributed by atoms with Crippen LogP contribution in [-0.2, 0) is 30.7 Å². The number of hydrogen-bond donors (Lipinski definition) is 1. The molecule has 4 aromatic rings. The number of hydrogen-bond acceptors (Lipinski definition) is 8. The fourth-order valence-corrected chi connectivity index (χ4v) is 4.04. The smallest absolute Gasteiger partial charge is 0.383 e. The topological polar surface area (TPSA) is 120 Å². The Morgan fingerprint density at radius 1 is 1.11 bits per heavy atom. The number of anilines is 1. The molecule has 0 unspecified atom stereocenters. The zero-order valence-corrected chi connectivity index (χ0v) is 19.0. The van der Waals surface area contributed by atoms with Crippen molar-refractivity contribution in [1.82, 2.24) is 29.8 Å². The number of nitrogen functional groups attached to an aromatic ring is 1. The molecule has 0 bridgehead atoms. The van der Waals surface area contributed by atoms with Gasteiger partial charge in [0, 0.05) is 35.7 Å². The van der Waals surface area contributed by atoms with E-state index in [2.05, 4.69) is 24.9 Å². The number of aromatic nitrogens is 5. The summed E-state index contributed by atoms with van der Waals surface area (Å²) >= 11 is 0. The number of carbonyl (C=O) groups is 1. The Kier molecular flexibility index (Phi) is 5.96. The van der Waals surface area contributed by atoms with Crippen molar-refractivity contribution >= 4 is 22.8 Å². The van der Waals surface area contributed by atoms with Gasteiger partial charge in [-0.2, -0.15) is 13.2 Å². The zero-order chi connectivity index (χ0) is 25.4. The summed E-state index contributed by atoms with van der Waals surface area (Å²) in [4.78, 5) is 36.2. The van der Waals surface area contributed by atoms with Gasteiger partial charge in [0.2, 0.25) is 0 Å². The maximum atomic E-state index is 13.7. The van der Waals surface area contributed by atoms with E-state index < -0.39 is 23.7 Å². The molecule has 1 aliphatic heterocycles. The van der Waals surface area contributed by atoms with E-state index in [1.807, 2.05) is 0 Å². The van der Waals surface area contributed by atoms with Crippen molar-refractivity contribution in [2.45, 2.75) is 38.9 Å². The number of amides is 1. The van der Waals surface area contributed by atoms with Gasteiger partial charge in [-0.05, 0) is 36.8 Å². The highest BCUT2D eigenvalue weighted by molar-refractivity contribution is 5.98. The van der Waals surface area contributed by atoms with E-state index in [0.717, 1.165) is 23.4 Å². The molecule has 36 heavy (non-hydrogen) atoms. The predicted octanol–water partition coefficient (Wildman–Crippen LogP) is 3.85. The summed E-state index contributed by atoms with van der Waals surface area (Å²) in [5.41, 5.74) is 7.67. The van der Waals surface area contributed by atoms with Gasteiger partial charge in [0.25, 0.3) is 5.91 Å². The fourth-order valence-electron chi connectivity index (χ4n) is 4.04. The van der Waals surface area contributed by atoms with Crippen LogP contribution in [0.25, 0.3) is 11.0 Å². The summed E-state index contributed by atoms with van der Waals surface area (Å²) in [6.07, 6.45) is 0.734. The van der Waals surface area contributed by atoms with Gasteiger partial charge in [-0.1, -0.05) is 0 Å². The minimum absolute atomic E-state index is 0.0738. The summed E-state index contributed by atoms with van der Waals surface area (Å²) in [6.45, 7) is 2.32. The van der Waals surface area contributed by atoms with Gasteiger partial charge in [-0.25, -0.2) is 19.9 Å². The average Bonchev–Trinajstić information content (AvgIpc) is 3.38. The second-order valence-electron chi connectivity index (χ2n) is 8.29. The molecular formula is C24H20F3N7O2. The SMILES string of the molecule is C[C@H](c1ncccn1)N(Cc1ccc(C(F)(F)F)cn1)C(=O)c1cnc2nc(N)c3c(c2c1)COC3. The third-order valence-corrected chi connectivity index (χ3v) is 6.00. The molecule has 5 heterocycles. The lowest BCUT2D eigenvalue weighted by Crippen LogP contribution is -2.34. The average molecular weight is 495 g/mol. The summed E-state index contributed by atoms with van der Waals surface area (Å²) < 4.78 is 44.4. The maximum absolute atomic E-state index is 13.7. The number of nitrogens with zero attached hydrogens (tertiary/aromatic N) is 6. The van der Waals surface area contributed by atoms with E-state index in [4.69, 9.17) is 10.5 Å². The van der Waals surface area contributed by atoms with Crippen LogP contribution >= 0.6 is 0 Å². The lowest BCUT2D eigenvalue weighted by molar-refractivity contribution is -0.137. The molecule has 5 rings (SSSR count). The van der Waals surface area contributed by atoms with Crippen LogP contribution in [0, 0.1) is 0 Å². The van der Waals surface area contributed by atoms with Crippen molar-refractivity contribution in [3.63, 3.8) is 0 Å². The molecule has 2 N–H and O–H groups in total. The first kappa shape index (κ1) is 23.5. The molecule has 1 atom stereocenters. The van der Waals surface area contributed by atoms with E-state index in [9.17, 15) is 18.0 Å². The fraction of sp³-hybridized carbons (Fsp3) is 0.250. The second kappa shape index (κ2) is 9.11. The monoisotopic (exact) mass is 495 g/mol. The lowest BCUT2D eigenvalue weighted by atomic mass is 10.0. The minimum Gasteiger partial charge on any atom is -0.383 e. The standard InChI is InChI=1S/C24H20F3N7O2/c1-13(21-29-5-2-6-30-21)34(10-16-4-3-15(9-31-16)24(25,26)27)23(35)14-7-17-18-11-36-12-19(18)20(28)33-22(17)32-8-14/h2-9,13H,10-12H2,1H3,(H2,28,32,33)/t13-/m1/s1. The van der Waals surface area contributed by atoms with E-state index in [-0.39, 0.29) is 17.8 Å². The van der Waals surface area contributed by atoms with Gasteiger partial charge >= 0.3 is 6.18 Å². The van der Waals surface area contributed by atoms with Crippen LogP contribution in [0.5, 0.6) is 0 Å². The molecule has 9 nitrogen and oxygen atoms in total. The number of carbonyl (C=O) groups excluding carboxylic acids is 1. The third-order valence-electron chi connectivity index (χ3n) is 6.00. The third kappa shape index (κ3) is 4.42. The number of nitrogens with two attached hydrogens (primary N) is 1. The highest BCUT2D eigenvalue weighted by Gasteiger charge is 2.31. The van der Waals surface area contributed by atoms with Crippen LogP contribution in [0.1, 0.15) is 51.5 Å². The first-order valence-corrected chi connectivity index (χ1v) is 11.0. The van der Waals surface area contributed by atoms with Crippen molar-refractivity contribution < 1.29 is 22.7 Å². The first-order chi connectivity index (χ1) is 17.2. The Hall–Kier alpha value is -4.19. The number of alkyl halides is 3. The quantitative estimate of drug-likeness (QED) is 0.443. The predicted molar refractivity (Wildman–Crippen MR) is 122 cm³/mol. The molecule has 1 amide bonds. The van der Waals surface area contributed by atoms with Crippen molar-refractivity contribution in [3.8, 4) is 0 Å². The van der Waals surface area contributed by atoms with Crippen LogP contribution in [0.3, 0.4) is 0 Å². The molecule has 0 aliphatic carbocycles. The van der Waals surface area contributed by atoms with Crippen LogP contribution in [-0.4, -0.2) is 35.7 Å². The van der Waals surface area contributed by atoms with Crippen molar-refractivity contribution in [3.05, 3.63) is 82.8 Å². The number of fused-ring (bicyclic) bond motifs is 3. The number of ether oxygens (including phenoxy) is 1. The molecule has 184 valence electrons. The molecule has 0 aromatic carbocycles. The molecule has 1 aliphatic rings. The second-order valence-corrected chi connectivity index (χ2v) is 8.29. The van der Waals surface area contributed by atoms with Gasteiger partial charge in [0.1, 0.15) is 11.6 Å². The van der Waals surface area contributed by atoms with Gasteiger partial charge in [0.05, 0.1) is 42.6 Å². The molecule has 0 saturated heterocycles. The number of halogens is 3. The van der Waals surface area contributed by atoms with Crippen LogP contribution in [0.2, 0.25) is 0 Å². The van der Waals surface area contributed by atoms with Crippen molar-refractivity contribution in [2.24, 2.45) is 0 Å². The van der Waals surface area contributed by atoms with Gasteiger partial charge in [-0.3, -0.25) is 9.78 Å². The van der Waals surface area contributed by atoms with E-state index in [1.165, 1.54) is 17.2 Å². The lowest BCUT2D eigenvalue weighted by Gasteiger charge is -2.28. The largest absolute Gasteiger partial charge is 0.417 e. The highest BCUT2D eigenvalue weighted by atomic mass is 19.4. The molecule has 0 fully saturated rings. The van der Waals surface area contributed by atoms with Gasteiger partial charge < -0.3 is 15.4 Å². The van der Waals surface area contributed by atoms with Crippen molar-refractivity contribution in [2.75, 3.05) is 5.73 Å². The van der Waals surface area contributed by atoms with Crippen LogP contribution in [0.4, 0.5) is 19.0 Å². The summed E-state index contributed by atoms with van der Waals surface area (Å²) in [5.74, 6) is 0.289. The maximum Gasteiger partial charge on any atom is 0.417 e. The number of pyridine rings is 3. The van der Waals surface area contributed by atoms with Crippen LogP contribution < -0.4 is 5.73 Å². The zero-order valence-electron chi connectivity index (χ0n) is 19.0. The molecule has 0 saturated carbocycles. The van der Waals surface area contributed by atoms with E-state index >= 15 is 0 Å². The van der Waals surface area contributed by atoms with Gasteiger partial charge in [0.15, 0.2) is 5.65 Å². The van der Waals surface area contributed by atoms with Gasteiger partial charge in [-0.15, -0.1) is 0 Å². The molecule has 0 radical (unpaired) electrons. The summed E-state index contributed by atoms with van der Waals surface area (Å²) in [5, 5.41) is 0.652. The Morgan fingerprint density at radius 3 is 2.56 bits per heavy atom. The Labute approximate surface area is 203 Å². The molecule has 4 aromatic heterocycles. The summed E-state index contributed by atoms with van der Waals surface area (Å²) in [7, 11) is 0. The van der Waals surface area contributed by atoms with E-state index in [0.29, 0.717) is 35.9 Å². The Bertz CT molecular complexity index is 1430. The minimum atomic E-state index is -4.51. The molecule has 12 heteroatoms. The highest BCUT2D eigenvalue weighted by Crippen LogP contribution is 2.32. The Balaban J connectivity index is 1.53. The number of rotatable bonds is 5. The van der Waals surface area contributed by atoms with E-state index in [1.54, 1.807) is 31.5 Å². The normalized spacial score (nSPS) is 14.0. The first-order valence-electron chi connectivity index (χ1n) is 11.0. The Morgan fingerprint density at radius 2 is 1.86 bits per heavy atom. The molecular weight excluding hydrogens is 475 g/mol.